The molecule has 1 aliphatic heterocycles. The molecule has 1 heterocycles. The van der Waals surface area contributed by atoms with Gasteiger partial charge in [0.25, 0.3) is 0 Å². The van der Waals surface area contributed by atoms with Crippen molar-refractivity contribution in [3.63, 3.8) is 0 Å². The minimum Gasteiger partial charge on any atom is -0.457 e. The summed E-state index contributed by atoms with van der Waals surface area (Å²) in [6.45, 7) is 23.8. The number of aliphatic hydroxyl groups is 1. The average molecular weight is 653 g/mol. The molecule has 1 aliphatic rings. The molecule has 0 aromatic heterocycles. The van der Waals surface area contributed by atoms with Crippen LogP contribution in [0.5, 0.6) is 0 Å². The maximum absolute atomic E-state index is 13.2. The molecule has 36 heavy (non-hydrogen) atoms. The third-order valence-electron chi connectivity index (χ3n) is 8.59. The van der Waals surface area contributed by atoms with E-state index < -0.39 is 28.3 Å². The summed E-state index contributed by atoms with van der Waals surface area (Å²) < 4.78 is 21.7. The van der Waals surface area contributed by atoms with E-state index >= 15 is 0 Å². The molecule has 0 saturated carbocycles. The number of cyclic esters (lactones) is 1. The van der Waals surface area contributed by atoms with Crippen molar-refractivity contribution in [1.82, 2.24) is 0 Å². The predicted octanol–water partition coefficient (Wildman–Crippen LogP) is 8.15. The molecule has 1 N–H and O–H groups in total. The van der Waals surface area contributed by atoms with E-state index in [1.165, 1.54) is 0 Å². The second kappa shape index (κ2) is 13.9. The molecule has 0 fully saturated rings. The molecule has 5 atom stereocenters. The molecule has 0 unspecified atom stereocenters. The van der Waals surface area contributed by atoms with Gasteiger partial charge in [0.05, 0.1) is 24.2 Å². The van der Waals surface area contributed by atoms with E-state index in [4.69, 9.17) is 13.6 Å². The lowest BCUT2D eigenvalue weighted by Gasteiger charge is -2.44. The van der Waals surface area contributed by atoms with Crippen LogP contribution in [-0.2, 0) is 18.4 Å². The van der Waals surface area contributed by atoms with Crippen LogP contribution in [0.2, 0.25) is 36.3 Å². The second-order valence-corrected chi connectivity index (χ2v) is 22.4. The highest BCUT2D eigenvalue weighted by atomic mass is 127. The molecule has 0 aromatic rings. The van der Waals surface area contributed by atoms with Gasteiger partial charge < -0.3 is 18.7 Å². The van der Waals surface area contributed by atoms with Crippen LogP contribution in [0, 0.1) is 5.92 Å². The summed E-state index contributed by atoms with van der Waals surface area (Å²) in [7, 11) is -4.13. The number of carbonyl (C=O) groups excluding carboxylic acids is 1. The Morgan fingerprint density at radius 3 is 2.25 bits per heavy atom. The van der Waals surface area contributed by atoms with Gasteiger partial charge in [0.2, 0.25) is 0 Å². The summed E-state index contributed by atoms with van der Waals surface area (Å²) in [6, 6.07) is 3.04. The highest BCUT2D eigenvalue weighted by molar-refractivity contribution is 14.1. The summed E-state index contributed by atoms with van der Waals surface area (Å²) in [6.07, 6.45) is 3.87. The molecule has 8 heteroatoms. The van der Waals surface area contributed by atoms with Crippen molar-refractivity contribution < 1.29 is 23.5 Å². The summed E-state index contributed by atoms with van der Waals surface area (Å²) in [5.74, 6) is -0.312. The van der Waals surface area contributed by atoms with Crippen LogP contribution >= 0.6 is 22.6 Å². The summed E-state index contributed by atoms with van der Waals surface area (Å²) >= 11 is 2.19. The Hall–Kier alpha value is -0.00623. The molecule has 5 nitrogen and oxygen atoms in total. The molecule has 1 rings (SSSR count). The zero-order valence-electron chi connectivity index (χ0n) is 24.7. The zero-order chi connectivity index (χ0) is 27.9. The first-order valence-electron chi connectivity index (χ1n) is 13.7. The van der Waals surface area contributed by atoms with Crippen molar-refractivity contribution in [2.75, 3.05) is 0 Å². The van der Waals surface area contributed by atoms with E-state index in [1.807, 2.05) is 30.1 Å². The number of esters is 1. The van der Waals surface area contributed by atoms with Crippen molar-refractivity contribution in [3.8, 4) is 0 Å². The third-order valence-corrected chi connectivity index (χ3v) is 18.9. The molecule has 0 aliphatic carbocycles. The third kappa shape index (κ3) is 9.04. The fourth-order valence-electron chi connectivity index (χ4n) is 4.60. The number of aliphatic hydroxyl groups excluding tert-OH is 1. The minimum absolute atomic E-state index is 0.0228. The maximum atomic E-state index is 13.2. The van der Waals surface area contributed by atoms with E-state index in [0.29, 0.717) is 12.8 Å². The van der Waals surface area contributed by atoms with Gasteiger partial charge in [-0.2, -0.15) is 0 Å². The first kappa shape index (κ1) is 34.0. The molecule has 0 spiro atoms. The van der Waals surface area contributed by atoms with Crippen LogP contribution in [0.3, 0.4) is 0 Å². The van der Waals surface area contributed by atoms with Crippen LogP contribution in [-0.4, -0.2) is 51.6 Å². The van der Waals surface area contributed by atoms with Gasteiger partial charge >= 0.3 is 5.97 Å². The largest absolute Gasteiger partial charge is 0.457 e. The number of ether oxygens (including phenoxy) is 1. The SMILES string of the molecule is CC[Si](CC)(CC)O[C@@]1(C)CC[C@H](O[Si](C)(C)C(C)(C)C)CC(=O)O[C@H](/C(C)=C/I)[C@@H](C)/C=C/[C@@H]1O. The van der Waals surface area contributed by atoms with E-state index in [1.54, 1.807) is 0 Å². The molecule has 210 valence electrons. The highest BCUT2D eigenvalue weighted by Gasteiger charge is 2.44. The summed E-state index contributed by atoms with van der Waals surface area (Å²) in [5, 5.41) is 11.5. The van der Waals surface area contributed by atoms with Gasteiger partial charge in [-0.15, -0.1) is 0 Å². The molecule has 0 amide bonds. The lowest BCUT2D eigenvalue weighted by molar-refractivity contribution is -0.151. The van der Waals surface area contributed by atoms with Crippen molar-refractivity contribution in [2.24, 2.45) is 5.92 Å². The van der Waals surface area contributed by atoms with Crippen LogP contribution in [0.25, 0.3) is 0 Å². The van der Waals surface area contributed by atoms with E-state index in [2.05, 4.69) is 84.2 Å². The average Bonchev–Trinajstić information content (AvgIpc) is 2.80. The number of hydrogen-bond acceptors (Lipinski definition) is 5. The van der Waals surface area contributed by atoms with Gasteiger partial charge in [0, 0.05) is 5.92 Å². The number of rotatable bonds is 8. The first-order valence-corrected chi connectivity index (χ1v) is 20.4. The Kier molecular flexibility index (Phi) is 13.1. The summed E-state index contributed by atoms with van der Waals surface area (Å²) in [4.78, 5) is 13.2. The van der Waals surface area contributed by atoms with Crippen molar-refractivity contribution in [3.05, 3.63) is 21.8 Å². The smallest absolute Gasteiger partial charge is 0.308 e. The van der Waals surface area contributed by atoms with Gasteiger partial charge in [0.1, 0.15) is 6.10 Å². The lowest BCUT2D eigenvalue weighted by Crippen LogP contribution is -2.52. The molecule has 0 saturated heterocycles. The monoisotopic (exact) mass is 652 g/mol. The standard InChI is InChI=1S/C28H53IO5Si2/c1-12-36(13-2,14-3)34-28(9)18-17-23(33-35(10,11)27(6,7)8)19-25(31)32-26(22(5)20-29)21(4)15-16-24(28)30/h15-16,20-21,23-24,26,30H,12-14,17-19H2,1-11H3/b16-15+,22-20+/t21-,23-,24-,26-,28-/m0/s1. The van der Waals surface area contributed by atoms with Crippen LogP contribution in [0.1, 0.15) is 81.6 Å². The van der Waals surface area contributed by atoms with Crippen LogP contribution in [0.15, 0.2) is 21.8 Å². The highest BCUT2D eigenvalue weighted by Crippen LogP contribution is 2.40. The molecular weight excluding hydrogens is 599 g/mol. The molecular formula is C28H53IO5Si2. The van der Waals surface area contributed by atoms with Crippen molar-refractivity contribution in [2.45, 2.75) is 142 Å². The van der Waals surface area contributed by atoms with Crippen molar-refractivity contribution in [1.29, 1.82) is 0 Å². The first-order chi connectivity index (χ1) is 16.5. The van der Waals surface area contributed by atoms with E-state index in [9.17, 15) is 9.90 Å². The Bertz CT molecular complexity index is 764. The van der Waals surface area contributed by atoms with Gasteiger partial charge in [-0.1, -0.05) is 83.2 Å². The molecule has 0 aromatic carbocycles. The van der Waals surface area contributed by atoms with E-state index in [-0.39, 0.29) is 35.6 Å². The second-order valence-electron chi connectivity index (χ2n) is 12.4. The molecule has 0 radical (unpaired) electrons. The fourth-order valence-corrected chi connectivity index (χ4v) is 9.49. The zero-order valence-corrected chi connectivity index (χ0v) is 28.9. The maximum Gasteiger partial charge on any atom is 0.308 e. The predicted molar refractivity (Wildman–Crippen MR) is 165 cm³/mol. The fraction of sp³-hybridized carbons (Fsp3) is 0.821. The normalized spacial score (nSPS) is 30.8. The minimum atomic E-state index is -2.13. The summed E-state index contributed by atoms with van der Waals surface area (Å²) in [5.41, 5.74) is 0.245. The number of halogens is 1. The van der Waals surface area contributed by atoms with E-state index in [0.717, 1.165) is 23.7 Å². The van der Waals surface area contributed by atoms with Gasteiger partial charge in [-0.3, -0.25) is 4.79 Å². The van der Waals surface area contributed by atoms with Gasteiger partial charge in [-0.05, 0) is 72.6 Å². The van der Waals surface area contributed by atoms with Gasteiger partial charge in [-0.25, -0.2) is 0 Å². The molecule has 0 bridgehead atoms. The Balaban J connectivity index is 3.53. The van der Waals surface area contributed by atoms with Crippen LogP contribution in [0.4, 0.5) is 0 Å². The number of hydrogen-bond donors (Lipinski definition) is 1. The number of carbonyl (C=O) groups is 1. The van der Waals surface area contributed by atoms with Gasteiger partial charge in [0.15, 0.2) is 16.6 Å². The Labute approximate surface area is 237 Å². The Morgan fingerprint density at radius 2 is 1.78 bits per heavy atom. The van der Waals surface area contributed by atoms with Crippen molar-refractivity contribution >= 4 is 45.2 Å². The van der Waals surface area contributed by atoms with Crippen LogP contribution < -0.4 is 0 Å². The lowest BCUT2D eigenvalue weighted by atomic mass is 9.89. The topological polar surface area (TPSA) is 65.0 Å². The Morgan fingerprint density at radius 1 is 1.22 bits per heavy atom. The quantitative estimate of drug-likeness (QED) is 0.124.